The molecule has 1 N–H and O–H groups in total. The number of fused-ring (bicyclic) bond motifs is 2. The maximum atomic E-state index is 12.9. The van der Waals surface area contributed by atoms with Crippen LogP contribution >= 0.6 is 0 Å². The summed E-state index contributed by atoms with van der Waals surface area (Å²) in [6.07, 6.45) is 4.96. The Hall–Kier alpha value is -4.91. The molecule has 0 bridgehead atoms. The first-order valence-corrected chi connectivity index (χ1v) is 10.7. The number of ether oxygens (including phenoxy) is 1. The molecular formula is C27H17N5O2. The van der Waals surface area contributed by atoms with Gasteiger partial charge in [-0.2, -0.15) is 0 Å². The molecular weight excluding hydrogens is 426 g/mol. The number of carbonyl (C=O) groups is 1. The molecule has 6 aromatic rings. The third-order valence-electron chi connectivity index (χ3n) is 5.50. The van der Waals surface area contributed by atoms with Gasteiger partial charge in [0.15, 0.2) is 5.82 Å². The molecule has 0 unspecified atom stereocenters. The number of hydrogen-bond acceptors (Lipinski definition) is 6. The minimum absolute atomic E-state index is 0.189. The highest BCUT2D eigenvalue weighted by atomic mass is 16.5. The maximum absolute atomic E-state index is 12.9. The van der Waals surface area contributed by atoms with Gasteiger partial charge in [-0.1, -0.05) is 30.3 Å². The fourth-order valence-electron chi connectivity index (χ4n) is 3.87. The number of H-pyrrole nitrogens is 1. The van der Waals surface area contributed by atoms with Gasteiger partial charge in [0.1, 0.15) is 11.4 Å². The number of carbonyl (C=O) groups excluding carboxylic acids is 1. The molecule has 0 aliphatic carbocycles. The van der Waals surface area contributed by atoms with E-state index in [-0.39, 0.29) is 5.78 Å². The molecule has 162 valence electrons. The first-order chi connectivity index (χ1) is 16.8. The van der Waals surface area contributed by atoms with Gasteiger partial charge in [-0.15, -0.1) is 0 Å². The quantitative estimate of drug-likeness (QED) is 0.349. The molecule has 0 spiro atoms. The van der Waals surface area contributed by atoms with E-state index < -0.39 is 0 Å². The number of nitrogens with zero attached hydrogens (tertiary/aromatic N) is 4. The van der Waals surface area contributed by atoms with Crippen molar-refractivity contribution >= 4 is 27.7 Å². The lowest BCUT2D eigenvalue weighted by atomic mass is 10.1. The molecule has 0 amide bonds. The predicted octanol–water partition coefficient (Wildman–Crippen LogP) is 5.59. The number of hydrogen-bond donors (Lipinski definition) is 1. The van der Waals surface area contributed by atoms with Crippen LogP contribution in [0.2, 0.25) is 0 Å². The van der Waals surface area contributed by atoms with E-state index in [2.05, 4.69) is 24.9 Å². The SMILES string of the molecule is O=C(c1ccc(Oc2nccnc2-c2ccnc3ccccc23)cc1)c1nc2ccccc2[nH]1. The molecule has 0 atom stereocenters. The van der Waals surface area contributed by atoms with Crippen LogP contribution in [-0.4, -0.2) is 30.7 Å². The van der Waals surface area contributed by atoms with Gasteiger partial charge in [0.2, 0.25) is 11.7 Å². The lowest BCUT2D eigenvalue weighted by Gasteiger charge is -2.11. The Labute approximate surface area is 194 Å². The molecule has 3 aromatic carbocycles. The molecule has 0 fully saturated rings. The average Bonchev–Trinajstić information content (AvgIpc) is 3.33. The van der Waals surface area contributed by atoms with Crippen molar-refractivity contribution in [3.63, 3.8) is 0 Å². The maximum Gasteiger partial charge on any atom is 0.246 e. The fraction of sp³-hybridized carbons (Fsp3) is 0. The number of aromatic amines is 1. The minimum atomic E-state index is -0.189. The molecule has 0 radical (unpaired) electrons. The van der Waals surface area contributed by atoms with Gasteiger partial charge in [0.25, 0.3) is 0 Å². The van der Waals surface area contributed by atoms with Gasteiger partial charge in [-0.05, 0) is 48.5 Å². The third kappa shape index (κ3) is 3.55. The number of ketones is 1. The van der Waals surface area contributed by atoms with Gasteiger partial charge < -0.3 is 9.72 Å². The molecule has 7 heteroatoms. The van der Waals surface area contributed by atoms with Crippen molar-refractivity contribution in [3.05, 3.63) is 109 Å². The summed E-state index contributed by atoms with van der Waals surface area (Å²) in [5, 5.41) is 0.960. The second-order valence-electron chi connectivity index (χ2n) is 7.64. The van der Waals surface area contributed by atoms with Crippen LogP contribution in [0.3, 0.4) is 0 Å². The monoisotopic (exact) mass is 443 g/mol. The van der Waals surface area contributed by atoms with Gasteiger partial charge in [0.05, 0.1) is 16.6 Å². The molecule has 0 saturated carbocycles. The predicted molar refractivity (Wildman–Crippen MR) is 129 cm³/mol. The lowest BCUT2D eigenvalue weighted by Crippen LogP contribution is -2.03. The van der Waals surface area contributed by atoms with E-state index in [9.17, 15) is 4.79 Å². The van der Waals surface area contributed by atoms with Crippen molar-refractivity contribution in [1.29, 1.82) is 0 Å². The van der Waals surface area contributed by atoms with E-state index in [1.807, 2.05) is 54.6 Å². The van der Waals surface area contributed by atoms with Crippen LogP contribution in [0.1, 0.15) is 16.2 Å². The molecule has 0 saturated heterocycles. The van der Waals surface area contributed by atoms with Gasteiger partial charge in [0, 0.05) is 35.1 Å². The topological polar surface area (TPSA) is 93.7 Å². The lowest BCUT2D eigenvalue weighted by molar-refractivity contribution is 0.103. The van der Waals surface area contributed by atoms with Gasteiger partial charge >= 0.3 is 0 Å². The first kappa shape index (κ1) is 19.8. The smallest absolute Gasteiger partial charge is 0.246 e. The Bertz CT molecular complexity index is 1620. The summed E-state index contributed by atoms with van der Waals surface area (Å²) in [4.78, 5) is 33.7. The largest absolute Gasteiger partial charge is 0.437 e. The molecule has 6 rings (SSSR count). The molecule has 7 nitrogen and oxygen atoms in total. The van der Waals surface area contributed by atoms with Crippen LogP contribution in [0.25, 0.3) is 33.2 Å². The summed E-state index contributed by atoms with van der Waals surface area (Å²) in [7, 11) is 0. The highest BCUT2D eigenvalue weighted by Gasteiger charge is 2.16. The van der Waals surface area contributed by atoms with Crippen molar-refractivity contribution in [3.8, 4) is 22.9 Å². The highest BCUT2D eigenvalue weighted by molar-refractivity contribution is 6.08. The molecule has 0 aliphatic rings. The van der Waals surface area contributed by atoms with Crippen molar-refractivity contribution in [2.75, 3.05) is 0 Å². The highest BCUT2D eigenvalue weighted by Crippen LogP contribution is 2.33. The Balaban J connectivity index is 1.29. The summed E-state index contributed by atoms with van der Waals surface area (Å²) < 4.78 is 6.07. The number of imidazole rings is 1. The van der Waals surface area contributed by atoms with Crippen LogP contribution in [-0.2, 0) is 0 Å². The van der Waals surface area contributed by atoms with E-state index in [0.717, 1.165) is 27.5 Å². The number of para-hydroxylation sites is 3. The average molecular weight is 443 g/mol. The summed E-state index contributed by atoms with van der Waals surface area (Å²) in [5.74, 6) is 1.03. The zero-order valence-corrected chi connectivity index (χ0v) is 17.8. The molecule has 0 aliphatic heterocycles. The molecule has 34 heavy (non-hydrogen) atoms. The van der Waals surface area contributed by atoms with Crippen molar-refractivity contribution in [2.24, 2.45) is 0 Å². The number of pyridine rings is 1. The van der Waals surface area contributed by atoms with Crippen LogP contribution in [0.4, 0.5) is 0 Å². The van der Waals surface area contributed by atoms with E-state index in [0.29, 0.717) is 28.7 Å². The normalized spacial score (nSPS) is 11.1. The van der Waals surface area contributed by atoms with Crippen molar-refractivity contribution in [2.45, 2.75) is 0 Å². The zero-order chi connectivity index (χ0) is 22.9. The van der Waals surface area contributed by atoms with E-state index in [4.69, 9.17) is 4.74 Å². The summed E-state index contributed by atoms with van der Waals surface area (Å²) in [5.41, 5.74) is 4.44. The van der Waals surface area contributed by atoms with Gasteiger partial charge in [-0.25, -0.2) is 15.0 Å². The number of nitrogens with one attached hydrogen (secondary N) is 1. The number of rotatable bonds is 5. The Morgan fingerprint density at radius 1 is 0.735 bits per heavy atom. The van der Waals surface area contributed by atoms with Crippen molar-refractivity contribution in [1.82, 2.24) is 24.9 Å². The molecule has 3 heterocycles. The number of benzene rings is 3. The van der Waals surface area contributed by atoms with Crippen LogP contribution in [0.15, 0.2) is 97.5 Å². The Morgan fingerprint density at radius 2 is 1.50 bits per heavy atom. The van der Waals surface area contributed by atoms with Gasteiger partial charge in [-0.3, -0.25) is 9.78 Å². The van der Waals surface area contributed by atoms with Crippen molar-refractivity contribution < 1.29 is 9.53 Å². The van der Waals surface area contributed by atoms with Crippen LogP contribution < -0.4 is 4.74 Å². The summed E-state index contributed by atoms with van der Waals surface area (Å²) >= 11 is 0. The third-order valence-corrected chi connectivity index (χ3v) is 5.50. The van der Waals surface area contributed by atoms with E-state index in [1.165, 1.54) is 0 Å². The summed E-state index contributed by atoms with van der Waals surface area (Å²) in [6.45, 7) is 0. The minimum Gasteiger partial charge on any atom is -0.437 e. The van der Waals surface area contributed by atoms with E-state index >= 15 is 0 Å². The Kier molecular flexibility index (Phi) is 4.77. The van der Waals surface area contributed by atoms with Crippen LogP contribution in [0, 0.1) is 0 Å². The summed E-state index contributed by atoms with van der Waals surface area (Å²) in [6, 6.07) is 24.2. The zero-order valence-electron chi connectivity index (χ0n) is 17.8. The van der Waals surface area contributed by atoms with Crippen LogP contribution in [0.5, 0.6) is 11.6 Å². The number of aromatic nitrogens is 5. The van der Waals surface area contributed by atoms with E-state index in [1.54, 1.807) is 42.9 Å². The second-order valence-corrected chi connectivity index (χ2v) is 7.64. The second kappa shape index (κ2) is 8.22. The molecule has 3 aromatic heterocycles. The standard InChI is InChI=1S/C27H17N5O2/c33-25(26-31-22-7-3-4-8-23(22)32-26)17-9-11-18(12-10-17)34-27-24(29-15-16-30-27)20-13-14-28-21-6-2-1-5-19(20)21/h1-16H,(H,31,32). The first-order valence-electron chi connectivity index (χ1n) is 10.7. The Morgan fingerprint density at radius 3 is 2.35 bits per heavy atom. The fourth-order valence-corrected chi connectivity index (χ4v) is 3.87.